The zero-order valence-electron chi connectivity index (χ0n) is 10.6. The number of nitrogens with two attached hydrogens (primary N) is 1. The lowest BCUT2D eigenvalue weighted by Crippen LogP contribution is -2.06. The minimum atomic E-state index is -4.50. The van der Waals surface area contributed by atoms with Crippen LogP contribution in [0.5, 0.6) is 0 Å². The zero-order chi connectivity index (χ0) is 15.9. The van der Waals surface area contributed by atoms with Gasteiger partial charge in [-0.15, -0.1) is 11.3 Å². The van der Waals surface area contributed by atoms with Crippen molar-refractivity contribution in [2.24, 2.45) is 0 Å². The number of carboxylic acid groups (broad SMARTS) is 1. The first kappa shape index (κ1) is 15.8. The van der Waals surface area contributed by atoms with Gasteiger partial charge in [0, 0.05) is 9.35 Å². The van der Waals surface area contributed by atoms with Gasteiger partial charge in [0.1, 0.15) is 4.88 Å². The highest BCUT2D eigenvalue weighted by Gasteiger charge is 2.33. The third-order valence-corrected chi connectivity index (χ3v) is 4.96. The van der Waals surface area contributed by atoms with Gasteiger partial charge >= 0.3 is 12.1 Å². The Bertz CT molecular complexity index is 725. The van der Waals surface area contributed by atoms with Crippen molar-refractivity contribution < 1.29 is 23.1 Å². The van der Waals surface area contributed by atoms with Crippen molar-refractivity contribution in [3.05, 3.63) is 38.7 Å². The van der Waals surface area contributed by atoms with E-state index in [1.807, 2.05) is 0 Å². The molecule has 0 bridgehead atoms. The lowest BCUT2D eigenvalue weighted by Gasteiger charge is -2.11. The number of hydrogen-bond donors (Lipinski definition) is 2. The van der Waals surface area contributed by atoms with Gasteiger partial charge in [-0.2, -0.15) is 13.2 Å². The summed E-state index contributed by atoms with van der Waals surface area (Å²) in [6.07, 6.45) is -4.50. The van der Waals surface area contributed by atoms with Crippen LogP contribution in [-0.4, -0.2) is 11.1 Å². The Balaban J connectivity index is 2.64. The number of nitrogen functional groups attached to an aromatic ring is 1. The Morgan fingerprint density at radius 3 is 2.48 bits per heavy atom. The minimum Gasteiger partial charge on any atom is -0.477 e. The van der Waals surface area contributed by atoms with E-state index in [0.717, 1.165) is 17.4 Å². The Morgan fingerprint density at radius 1 is 1.38 bits per heavy atom. The van der Waals surface area contributed by atoms with Crippen molar-refractivity contribution in [1.82, 2.24) is 0 Å². The minimum absolute atomic E-state index is 0.0700. The number of carbonyl (C=O) groups is 1. The molecule has 0 saturated carbocycles. The molecule has 0 aliphatic rings. The van der Waals surface area contributed by atoms with E-state index in [-0.39, 0.29) is 20.6 Å². The number of rotatable bonds is 2. The Hall–Kier alpha value is -1.54. The van der Waals surface area contributed by atoms with Crippen LogP contribution in [0.4, 0.5) is 18.9 Å². The van der Waals surface area contributed by atoms with E-state index in [1.165, 1.54) is 12.1 Å². The van der Waals surface area contributed by atoms with Gasteiger partial charge in [-0.1, -0.05) is 22.0 Å². The molecule has 2 aromatic rings. The molecule has 0 fully saturated rings. The lowest BCUT2D eigenvalue weighted by atomic mass is 10.1. The summed E-state index contributed by atoms with van der Waals surface area (Å²) >= 11 is 3.73. The molecule has 0 saturated heterocycles. The fourth-order valence-corrected chi connectivity index (χ4v) is 3.38. The summed E-state index contributed by atoms with van der Waals surface area (Å²) in [6.45, 7) is 1.59. The summed E-state index contributed by atoms with van der Waals surface area (Å²) in [5, 5.41) is 9.02. The van der Waals surface area contributed by atoms with Gasteiger partial charge in [0.05, 0.1) is 11.3 Å². The predicted octanol–water partition coefficient (Wildman–Crippen LogP) is 4.79. The van der Waals surface area contributed by atoms with Crippen LogP contribution in [0, 0.1) is 6.92 Å². The molecule has 0 amide bonds. The second kappa shape index (κ2) is 5.34. The van der Waals surface area contributed by atoms with E-state index in [2.05, 4.69) is 15.9 Å². The van der Waals surface area contributed by atoms with E-state index in [4.69, 9.17) is 10.8 Å². The normalized spacial score (nSPS) is 11.7. The second-order valence-corrected chi connectivity index (χ2v) is 6.17. The molecule has 0 atom stereocenters. The maximum absolute atomic E-state index is 12.9. The first-order valence-electron chi connectivity index (χ1n) is 5.62. The summed E-state index contributed by atoms with van der Waals surface area (Å²) in [6, 6.07) is 3.76. The van der Waals surface area contributed by atoms with Gasteiger partial charge < -0.3 is 10.8 Å². The number of thiophene rings is 1. The van der Waals surface area contributed by atoms with E-state index in [0.29, 0.717) is 10.4 Å². The number of halogens is 4. The standard InChI is InChI=1S/C13H9BrF3NO2S/c1-5-9(18)11(12(19)20)21-10(5)6-2-3-8(14)7(4-6)13(15,16)17/h2-4H,18H2,1H3,(H,19,20). The molecule has 3 nitrogen and oxygen atoms in total. The molecular formula is C13H9BrF3NO2S. The topological polar surface area (TPSA) is 63.3 Å². The molecule has 3 N–H and O–H groups in total. The van der Waals surface area contributed by atoms with Gasteiger partial charge in [0.25, 0.3) is 0 Å². The number of carboxylic acids is 1. The van der Waals surface area contributed by atoms with Crippen LogP contribution in [0.2, 0.25) is 0 Å². The van der Waals surface area contributed by atoms with Crippen molar-refractivity contribution in [3.8, 4) is 10.4 Å². The van der Waals surface area contributed by atoms with Crippen LogP contribution >= 0.6 is 27.3 Å². The summed E-state index contributed by atoms with van der Waals surface area (Å²) in [5.41, 5.74) is 5.71. The Kier molecular flexibility index (Phi) is 4.03. The second-order valence-electron chi connectivity index (χ2n) is 4.30. The molecule has 0 aliphatic heterocycles. The summed E-state index contributed by atoms with van der Waals surface area (Å²) in [7, 11) is 0. The van der Waals surface area contributed by atoms with Crippen molar-refractivity contribution in [2.45, 2.75) is 13.1 Å². The number of benzene rings is 1. The molecule has 0 unspecified atom stereocenters. The summed E-state index contributed by atoms with van der Waals surface area (Å²) in [4.78, 5) is 11.4. The smallest absolute Gasteiger partial charge is 0.417 e. The molecule has 0 aliphatic carbocycles. The highest BCUT2D eigenvalue weighted by molar-refractivity contribution is 9.10. The summed E-state index contributed by atoms with van der Waals surface area (Å²) in [5.74, 6) is -1.19. The molecule has 21 heavy (non-hydrogen) atoms. The van der Waals surface area contributed by atoms with Crippen LogP contribution in [0.3, 0.4) is 0 Å². The Labute approximate surface area is 130 Å². The highest BCUT2D eigenvalue weighted by Crippen LogP contribution is 2.42. The van der Waals surface area contributed by atoms with Gasteiger partial charge in [0.2, 0.25) is 0 Å². The molecule has 112 valence electrons. The quantitative estimate of drug-likeness (QED) is 0.788. The van der Waals surface area contributed by atoms with Crippen LogP contribution < -0.4 is 5.73 Å². The summed E-state index contributed by atoms with van der Waals surface area (Å²) < 4.78 is 38.7. The molecule has 0 spiro atoms. The largest absolute Gasteiger partial charge is 0.477 e. The first-order valence-corrected chi connectivity index (χ1v) is 7.23. The van der Waals surface area contributed by atoms with E-state index >= 15 is 0 Å². The molecule has 1 heterocycles. The Morgan fingerprint density at radius 2 is 2.00 bits per heavy atom. The fourth-order valence-electron chi connectivity index (χ4n) is 1.84. The van der Waals surface area contributed by atoms with Crippen molar-refractivity contribution in [3.63, 3.8) is 0 Å². The molecule has 8 heteroatoms. The lowest BCUT2D eigenvalue weighted by molar-refractivity contribution is -0.138. The number of anilines is 1. The molecule has 1 aromatic carbocycles. The van der Waals surface area contributed by atoms with Crippen molar-refractivity contribution >= 4 is 38.9 Å². The van der Waals surface area contributed by atoms with Crippen LogP contribution in [0.1, 0.15) is 20.8 Å². The molecular weight excluding hydrogens is 371 g/mol. The molecule has 0 radical (unpaired) electrons. The molecule has 2 rings (SSSR count). The van der Waals surface area contributed by atoms with Crippen molar-refractivity contribution in [1.29, 1.82) is 0 Å². The van der Waals surface area contributed by atoms with E-state index < -0.39 is 17.7 Å². The van der Waals surface area contributed by atoms with Gasteiger partial charge in [-0.05, 0) is 30.2 Å². The predicted molar refractivity (Wildman–Crippen MR) is 78.6 cm³/mol. The van der Waals surface area contributed by atoms with E-state index in [1.54, 1.807) is 6.92 Å². The zero-order valence-corrected chi connectivity index (χ0v) is 13.0. The number of hydrogen-bond acceptors (Lipinski definition) is 3. The maximum atomic E-state index is 12.9. The van der Waals surface area contributed by atoms with Gasteiger partial charge in [-0.3, -0.25) is 0 Å². The monoisotopic (exact) mass is 379 g/mol. The third-order valence-electron chi connectivity index (χ3n) is 2.92. The first-order chi connectivity index (χ1) is 9.62. The van der Waals surface area contributed by atoms with Crippen LogP contribution in [0.15, 0.2) is 22.7 Å². The maximum Gasteiger partial charge on any atom is 0.417 e. The number of aromatic carboxylic acids is 1. The third kappa shape index (κ3) is 2.91. The molecule has 1 aromatic heterocycles. The van der Waals surface area contributed by atoms with Crippen LogP contribution in [-0.2, 0) is 6.18 Å². The number of alkyl halides is 3. The fraction of sp³-hybridized carbons (Fsp3) is 0.154. The average Bonchev–Trinajstić information content (AvgIpc) is 2.66. The van der Waals surface area contributed by atoms with Crippen molar-refractivity contribution in [2.75, 3.05) is 5.73 Å². The van der Waals surface area contributed by atoms with Gasteiger partial charge in [-0.25, -0.2) is 4.79 Å². The highest BCUT2D eigenvalue weighted by atomic mass is 79.9. The average molecular weight is 380 g/mol. The van der Waals surface area contributed by atoms with Gasteiger partial charge in [0.15, 0.2) is 0 Å². The van der Waals surface area contributed by atoms with Crippen LogP contribution in [0.25, 0.3) is 10.4 Å². The SMILES string of the molecule is Cc1c(-c2ccc(Br)c(C(F)(F)F)c2)sc(C(=O)O)c1N. The van der Waals surface area contributed by atoms with E-state index in [9.17, 15) is 18.0 Å².